The molecule has 0 heterocycles. The van der Waals surface area contributed by atoms with Crippen molar-refractivity contribution in [3.63, 3.8) is 0 Å². The third kappa shape index (κ3) is 7.40. The topological polar surface area (TPSA) is 46.2 Å². The molecule has 0 amide bonds. The van der Waals surface area contributed by atoms with E-state index in [0.717, 1.165) is 18.4 Å². The maximum atomic E-state index is 12.4. The fourth-order valence-electron chi connectivity index (χ4n) is 2.39. The predicted molar refractivity (Wildman–Crippen MR) is 95.0 cm³/mol. The zero-order valence-corrected chi connectivity index (χ0v) is 15.4. The first kappa shape index (κ1) is 20.0. The molecular weight excluding hydrogens is 310 g/mol. The number of hydrogen-bond donors (Lipinski definition) is 0. The lowest BCUT2D eigenvalue weighted by Gasteiger charge is -2.22. The molecule has 1 aromatic rings. The molecule has 0 aliphatic carbocycles. The summed E-state index contributed by atoms with van der Waals surface area (Å²) in [6, 6.07) is 6.54. The van der Waals surface area contributed by atoms with Crippen LogP contribution in [-0.2, 0) is 23.5 Å². The molecule has 129 valence electrons. The van der Waals surface area contributed by atoms with Gasteiger partial charge < -0.3 is 0 Å². The molecule has 1 rings (SSSR count). The Morgan fingerprint density at radius 1 is 1.09 bits per heavy atom. The van der Waals surface area contributed by atoms with Gasteiger partial charge in [-0.05, 0) is 34.7 Å². The quantitative estimate of drug-likeness (QED) is 0.251. The van der Waals surface area contributed by atoms with Gasteiger partial charge in [0.25, 0.3) is 0 Å². The van der Waals surface area contributed by atoms with E-state index in [2.05, 4.69) is 13.5 Å². The molecule has 4 nitrogen and oxygen atoms in total. The van der Waals surface area contributed by atoms with E-state index in [1.54, 1.807) is 44.4 Å². The van der Waals surface area contributed by atoms with Gasteiger partial charge in [0, 0.05) is 12.1 Å². The van der Waals surface area contributed by atoms with Crippen LogP contribution < -0.4 is 0 Å². The first-order valence-electron chi connectivity index (χ1n) is 8.32. The molecule has 0 fully saturated rings. The SMILES string of the molecule is C=Cc1ccc([S+]([O])(=O)O[N+](C)(C)CCCCCCCC)cc1. The molecule has 0 aliphatic rings. The number of benzene rings is 1. The van der Waals surface area contributed by atoms with E-state index in [-0.39, 0.29) is 9.54 Å². The summed E-state index contributed by atoms with van der Waals surface area (Å²) in [5.74, 6) is 0. The maximum absolute atomic E-state index is 12.4. The number of hydroxylamine groups is 3. The first-order valence-corrected chi connectivity index (χ1v) is 9.73. The Kier molecular flexibility index (Phi) is 8.12. The zero-order valence-electron chi connectivity index (χ0n) is 14.6. The minimum atomic E-state index is -3.76. The van der Waals surface area contributed by atoms with Crippen molar-refractivity contribution in [3.05, 3.63) is 36.4 Å². The van der Waals surface area contributed by atoms with Crippen molar-refractivity contribution in [1.82, 2.24) is 0 Å². The lowest BCUT2D eigenvalue weighted by atomic mass is 10.1. The van der Waals surface area contributed by atoms with Crippen LogP contribution >= 0.6 is 0 Å². The lowest BCUT2D eigenvalue weighted by molar-refractivity contribution is -1.05. The Hall–Kier alpha value is -1.01. The molecule has 5 heteroatoms. The molecule has 0 aliphatic heterocycles. The molecule has 0 saturated carbocycles. The van der Waals surface area contributed by atoms with Crippen LogP contribution in [0.15, 0.2) is 35.7 Å². The third-order valence-corrected chi connectivity index (χ3v) is 5.20. The molecule has 0 spiro atoms. The average Bonchev–Trinajstić information content (AvgIpc) is 2.50. The second kappa shape index (κ2) is 9.33. The summed E-state index contributed by atoms with van der Waals surface area (Å²) in [6.45, 7) is 6.53. The molecule has 0 saturated heterocycles. The molecule has 0 N–H and O–H groups in total. The van der Waals surface area contributed by atoms with Crippen LogP contribution in [0.4, 0.5) is 0 Å². The third-order valence-electron chi connectivity index (χ3n) is 3.75. The van der Waals surface area contributed by atoms with Crippen LogP contribution in [0.1, 0.15) is 51.0 Å². The van der Waals surface area contributed by atoms with Crippen molar-refractivity contribution in [2.75, 3.05) is 20.6 Å². The normalized spacial score (nSPS) is 14.4. The van der Waals surface area contributed by atoms with Gasteiger partial charge in [0.15, 0.2) is 0 Å². The lowest BCUT2D eigenvalue weighted by Crippen LogP contribution is -2.43. The second-order valence-corrected chi connectivity index (χ2v) is 7.90. The number of rotatable bonds is 11. The molecule has 1 unspecified atom stereocenters. The Bertz CT molecular complexity index is 526. The Morgan fingerprint density at radius 2 is 1.65 bits per heavy atom. The summed E-state index contributed by atoms with van der Waals surface area (Å²) in [7, 11) is -0.197. The van der Waals surface area contributed by atoms with E-state index >= 15 is 0 Å². The summed E-state index contributed by atoms with van der Waals surface area (Å²) in [5.41, 5.74) is 0.879. The summed E-state index contributed by atoms with van der Waals surface area (Å²) in [5, 5.41) is 0. The number of nitrogens with zero attached hydrogens (tertiary/aromatic N) is 1. The molecule has 1 aromatic carbocycles. The van der Waals surface area contributed by atoms with E-state index < -0.39 is 10.5 Å². The Balaban J connectivity index is 2.52. The van der Waals surface area contributed by atoms with Gasteiger partial charge in [-0.25, -0.2) is 0 Å². The molecule has 1 atom stereocenters. The van der Waals surface area contributed by atoms with Gasteiger partial charge in [-0.1, -0.05) is 45.3 Å². The van der Waals surface area contributed by atoms with E-state index in [9.17, 15) is 8.76 Å². The van der Waals surface area contributed by atoms with Crippen molar-refractivity contribution in [2.24, 2.45) is 0 Å². The highest BCUT2D eigenvalue weighted by Crippen LogP contribution is 2.23. The van der Waals surface area contributed by atoms with Crippen LogP contribution in [0.2, 0.25) is 0 Å². The van der Waals surface area contributed by atoms with E-state index in [0.29, 0.717) is 6.54 Å². The van der Waals surface area contributed by atoms with Gasteiger partial charge in [0.1, 0.15) is 20.6 Å². The summed E-state index contributed by atoms with van der Waals surface area (Å²) < 4.78 is 30.1. The number of quaternary nitrogens is 1. The molecule has 1 radical (unpaired) electrons. The van der Waals surface area contributed by atoms with E-state index in [1.165, 1.54) is 25.7 Å². The van der Waals surface area contributed by atoms with Crippen molar-refractivity contribution in [2.45, 2.75) is 50.3 Å². The van der Waals surface area contributed by atoms with Crippen LogP contribution in [0.5, 0.6) is 0 Å². The van der Waals surface area contributed by atoms with Crippen LogP contribution in [-0.4, -0.2) is 25.3 Å². The minimum Gasteiger partial charge on any atom is -0.132 e. The predicted octanol–water partition coefficient (Wildman–Crippen LogP) is 4.82. The Labute approximate surface area is 142 Å². The molecule has 0 aromatic heterocycles. The van der Waals surface area contributed by atoms with E-state index in [4.69, 9.17) is 4.28 Å². The van der Waals surface area contributed by atoms with Gasteiger partial charge in [-0.15, -0.1) is 4.65 Å². The summed E-state index contributed by atoms with van der Waals surface area (Å²) in [6.07, 6.45) is 8.69. The Morgan fingerprint density at radius 3 is 2.22 bits per heavy atom. The number of hydrogen-bond acceptors (Lipinski definition) is 2. The fraction of sp³-hybridized carbons (Fsp3) is 0.556. The van der Waals surface area contributed by atoms with Crippen LogP contribution in [0.25, 0.3) is 6.08 Å². The van der Waals surface area contributed by atoms with Crippen molar-refractivity contribution >= 4 is 16.6 Å². The van der Waals surface area contributed by atoms with Gasteiger partial charge >= 0.3 is 10.5 Å². The summed E-state index contributed by atoms with van der Waals surface area (Å²) in [4.78, 5) is 0.178. The molecule has 0 bridgehead atoms. The second-order valence-electron chi connectivity index (χ2n) is 6.37. The smallest absolute Gasteiger partial charge is 0.132 e. The van der Waals surface area contributed by atoms with Gasteiger partial charge in [0.2, 0.25) is 4.90 Å². The fourth-order valence-corrected chi connectivity index (χ4v) is 3.55. The van der Waals surface area contributed by atoms with Gasteiger partial charge in [-0.3, -0.25) is 0 Å². The van der Waals surface area contributed by atoms with Crippen LogP contribution in [0, 0.1) is 0 Å². The zero-order chi connectivity index (χ0) is 17.3. The largest absolute Gasteiger partial charge is 0.482 e. The number of unbranched alkanes of at least 4 members (excludes halogenated alkanes) is 5. The van der Waals surface area contributed by atoms with Crippen molar-refractivity contribution < 1.29 is 17.7 Å². The summed E-state index contributed by atoms with van der Waals surface area (Å²) >= 11 is 0. The average molecular weight is 341 g/mol. The van der Waals surface area contributed by atoms with Crippen LogP contribution in [0.3, 0.4) is 0 Å². The highest BCUT2D eigenvalue weighted by Gasteiger charge is 2.44. The maximum Gasteiger partial charge on any atom is 0.482 e. The minimum absolute atomic E-state index is 0.0132. The van der Waals surface area contributed by atoms with Crippen molar-refractivity contribution in [3.8, 4) is 0 Å². The highest BCUT2D eigenvalue weighted by molar-refractivity contribution is 7.92. The first-order chi connectivity index (χ1) is 10.8. The monoisotopic (exact) mass is 340 g/mol. The van der Waals surface area contributed by atoms with Gasteiger partial charge in [-0.2, -0.15) is 0 Å². The van der Waals surface area contributed by atoms with Gasteiger partial charge in [0.05, 0.1) is 8.84 Å². The highest BCUT2D eigenvalue weighted by atomic mass is 32.3. The van der Waals surface area contributed by atoms with Crippen molar-refractivity contribution in [1.29, 1.82) is 0 Å². The standard InChI is InChI=1S/C18H30NO3S/c1-5-7-8-9-10-11-16-19(3,4)22-23(20,21)18-14-12-17(6-2)13-15-18/h6,12-15H,2,5,7-11,16H2,1,3-4H3/q+2. The molecular formula is C18H30NO3S+2. The molecule has 23 heavy (non-hydrogen) atoms. The van der Waals surface area contributed by atoms with E-state index in [1.807, 2.05) is 0 Å².